The summed E-state index contributed by atoms with van der Waals surface area (Å²) in [6, 6.07) is 12.0. The van der Waals surface area contributed by atoms with Crippen LogP contribution < -0.4 is 0 Å². The summed E-state index contributed by atoms with van der Waals surface area (Å²) >= 11 is 0. The normalized spacial score (nSPS) is 23.6. The summed E-state index contributed by atoms with van der Waals surface area (Å²) in [5.74, 6) is 0. The van der Waals surface area contributed by atoms with Crippen LogP contribution in [0.2, 0.25) is 0 Å². The number of likely N-dealkylation sites (tertiary alicyclic amines) is 1. The Balaban J connectivity index is 1.73. The van der Waals surface area contributed by atoms with Gasteiger partial charge in [0.25, 0.3) is 0 Å². The van der Waals surface area contributed by atoms with Crippen LogP contribution in [0, 0.1) is 18.3 Å². The van der Waals surface area contributed by atoms with Gasteiger partial charge in [-0.2, -0.15) is 5.26 Å². The molecule has 20 heavy (non-hydrogen) atoms. The van der Waals surface area contributed by atoms with E-state index in [4.69, 9.17) is 0 Å². The zero-order valence-corrected chi connectivity index (χ0v) is 12.4. The minimum atomic E-state index is -0.247. The van der Waals surface area contributed by atoms with Crippen LogP contribution >= 0.6 is 0 Å². The van der Waals surface area contributed by atoms with Crippen molar-refractivity contribution in [2.24, 2.45) is 0 Å². The van der Waals surface area contributed by atoms with E-state index in [0.29, 0.717) is 0 Å². The van der Waals surface area contributed by atoms with Crippen molar-refractivity contribution in [1.29, 1.82) is 5.26 Å². The molecule has 0 bridgehead atoms. The molecule has 1 aliphatic carbocycles. The number of hydrogen-bond donors (Lipinski definition) is 0. The molecule has 0 spiro atoms. The number of piperidine rings is 1. The quantitative estimate of drug-likeness (QED) is 0.816. The molecule has 1 saturated carbocycles. The molecule has 0 aromatic heterocycles. The fraction of sp³-hybridized carbons (Fsp3) is 0.611. The SMILES string of the molecule is Cc1ccc(C2(C#N)CCN(C3CCCC3)CC2)cc1. The first-order valence-corrected chi connectivity index (χ1v) is 7.96. The van der Waals surface area contributed by atoms with Crippen LogP contribution in [0.25, 0.3) is 0 Å². The Bertz CT molecular complexity index is 483. The Hall–Kier alpha value is -1.33. The van der Waals surface area contributed by atoms with Gasteiger partial charge in [0.2, 0.25) is 0 Å². The van der Waals surface area contributed by atoms with Gasteiger partial charge in [-0.25, -0.2) is 0 Å². The van der Waals surface area contributed by atoms with Crippen molar-refractivity contribution in [3.05, 3.63) is 35.4 Å². The third-order valence-electron chi connectivity index (χ3n) is 5.31. The van der Waals surface area contributed by atoms with Crippen molar-refractivity contribution in [2.75, 3.05) is 13.1 Å². The van der Waals surface area contributed by atoms with Gasteiger partial charge in [0, 0.05) is 19.1 Å². The zero-order chi connectivity index (χ0) is 14.0. The van der Waals surface area contributed by atoms with E-state index in [1.165, 1.54) is 36.8 Å². The average Bonchev–Trinajstić information content (AvgIpc) is 3.02. The Labute approximate surface area is 122 Å². The molecule has 2 aliphatic rings. The number of aryl methyl sites for hydroxylation is 1. The third-order valence-corrected chi connectivity index (χ3v) is 5.31. The summed E-state index contributed by atoms with van der Waals surface area (Å²) in [6.07, 6.45) is 7.49. The monoisotopic (exact) mass is 268 g/mol. The van der Waals surface area contributed by atoms with Crippen LogP contribution in [0.5, 0.6) is 0 Å². The van der Waals surface area contributed by atoms with E-state index in [9.17, 15) is 5.26 Å². The van der Waals surface area contributed by atoms with Crippen LogP contribution in [-0.4, -0.2) is 24.0 Å². The van der Waals surface area contributed by atoms with Crippen LogP contribution in [0.1, 0.15) is 49.7 Å². The summed E-state index contributed by atoms with van der Waals surface area (Å²) in [7, 11) is 0. The Morgan fingerprint density at radius 1 is 1.10 bits per heavy atom. The lowest BCUT2D eigenvalue weighted by atomic mass is 9.73. The second-order valence-electron chi connectivity index (χ2n) is 6.53. The highest BCUT2D eigenvalue weighted by atomic mass is 15.2. The third kappa shape index (κ3) is 2.47. The average molecular weight is 268 g/mol. The molecule has 2 heteroatoms. The number of benzene rings is 1. The molecule has 3 rings (SSSR count). The standard InChI is InChI=1S/C18H24N2/c1-15-6-8-16(9-7-15)18(14-19)10-12-20(13-11-18)17-4-2-3-5-17/h6-9,17H,2-5,10-13H2,1H3. The van der Waals surface area contributed by atoms with Crippen LogP contribution in [-0.2, 0) is 5.41 Å². The largest absolute Gasteiger partial charge is 0.300 e. The lowest BCUT2D eigenvalue weighted by molar-refractivity contribution is 0.135. The molecule has 1 aromatic carbocycles. The highest BCUT2D eigenvalue weighted by molar-refractivity contribution is 5.35. The van der Waals surface area contributed by atoms with E-state index < -0.39 is 0 Å². The topological polar surface area (TPSA) is 27.0 Å². The summed E-state index contributed by atoms with van der Waals surface area (Å²) < 4.78 is 0. The summed E-state index contributed by atoms with van der Waals surface area (Å²) in [4.78, 5) is 2.64. The van der Waals surface area contributed by atoms with Crippen molar-refractivity contribution >= 4 is 0 Å². The van der Waals surface area contributed by atoms with Crippen LogP contribution in [0.3, 0.4) is 0 Å². The van der Waals surface area contributed by atoms with Crippen LogP contribution in [0.15, 0.2) is 24.3 Å². The van der Waals surface area contributed by atoms with Crippen LogP contribution in [0.4, 0.5) is 0 Å². The first-order chi connectivity index (χ1) is 9.73. The summed E-state index contributed by atoms with van der Waals surface area (Å²) in [6.45, 7) is 4.28. The van der Waals surface area contributed by atoms with Gasteiger partial charge in [0.1, 0.15) is 0 Å². The minimum absolute atomic E-state index is 0.247. The molecule has 1 saturated heterocycles. The number of hydrogen-bond acceptors (Lipinski definition) is 2. The molecule has 1 aromatic rings. The highest BCUT2D eigenvalue weighted by Gasteiger charge is 2.38. The van der Waals surface area contributed by atoms with Crippen molar-refractivity contribution in [2.45, 2.75) is 56.9 Å². The van der Waals surface area contributed by atoms with E-state index in [0.717, 1.165) is 32.0 Å². The van der Waals surface area contributed by atoms with Gasteiger partial charge in [0.15, 0.2) is 0 Å². The second kappa shape index (κ2) is 5.58. The van der Waals surface area contributed by atoms with Gasteiger partial charge in [0.05, 0.1) is 11.5 Å². The van der Waals surface area contributed by atoms with E-state index >= 15 is 0 Å². The van der Waals surface area contributed by atoms with Crippen molar-refractivity contribution in [1.82, 2.24) is 4.90 Å². The van der Waals surface area contributed by atoms with E-state index in [-0.39, 0.29) is 5.41 Å². The maximum Gasteiger partial charge on any atom is 0.0846 e. The molecule has 1 aliphatic heterocycles. The summed E-state index contributed by atoms with van der Waals surface area (Å²) in [5.41, 5.74) is 2.24. The minimum Gasteiger partial charge on any atom is -0.300 e. The van der Waals surface area contributed by atoms with Crippen molar-refractivity contribution in [3.63, 3.8) is 0 Å². The number of rotatable bonds is 2. The van der Waals surface area contributed by atoms with E-state index in [1.807, 2.05) is 0 Å². The molecule has 2 fully saturated rings. The highest BCUT2D eigenvalue weighted by Crippen LogP contribution is 2.37. The smallest absolute Gasteiger partial charge is 0.0846 e. The molecule has 106 valence electrons. The molecule has 2 nitrogen and oxygen atoms in total. The van der Waals surface area contributed by atoms with Gasteiger partial charge in [-0.1, -0.05) is 42.7 Å². The van der Waals surface area contributed by atoms with Gasteiger partial charge in [-0.3, -0.25) is 0 Å². The zero-order valence-electron chi connectivity index (χ0n) is 12.4. The molecule has 0 N–H and O–H groups in total. The van der Waals surface area contributed by atoms with Gasteiger partial charge in [-0.05, 0) is 38.2 Å². The van der Waals surface area contributed by atoms with E-state index in [2.05, 4.69) is 42.2 Å². The molecule has 0 atom stereocenters. The first-order valence-electron chi connectivity index (χ1n) is 7.96. The second-order valence-corrected chi connectivity index (χ2v) is 6.53. The number of nitriles is 1. The first kappa shape index (κ1) is 13.6. The fourth-order valence-corrected chi connectivity index (χ4v) is 3.88. The Morgan fingerprint density at radius 3 is 2.25 bits per heavy atom. The van der Waals surface area contributed by atoms with Crippen molar-refractivity contribution < 1.29 is 0 Å². The predicted octanol–water partition coefficient (Wildman–Crippen LogP) is 3.79. The maximum atomic E-state index is 9.75. The maximum absolute atomic E-state index is 9.75. The van der Waals surface area contributed by atoms with Gasteiger partial charge >= 0.3 is 0 Å². The van der Waals surface area contributed by atoms with E-state index in [1.54, 1.807) is 0 Å². The number of nitrogens with zero attached hydrogens (tertiary/aromatic N) is 2. The molecule has 0 amide bonds. The molecular formula is C18H24N2. The Morgan fingerprint density at radius 2 is 1.70 bits per heavy atom. The molecule has 0 radical (unpaired) electrons. The summed E-state index contributed by atoms with van der Waals surface area (Å²) in [5, 5.41) is 9.75. The predicted molar refractivity (Wildman–Crippen MR) is 81.5 cm³/mol. The fourth-order valence-electron chi connectivity index (χ4n) is 3.88. The van der Waals surface area contributed by atoms with Crippen molar-refractivity contribution in [3.8, 4) is 6.07 Å². The molecule has 1 heterocycles. The lowest BCUT2D eigenvalue weighted by Gasteiger charge is -2.40. The molecule has 0 unspecified atom stereocenters. The molecular weight excluding hydrogens is 244 g/mol. The Kier molecular flexibility index (Phi) is 3.81. The van der Waals surface area contributed by atoms with Gasteiger partial charge in [-0.15, -0.1) is 0 Å². The van der Waals surface area contributed by atoms with Gasteiger partial charge < -0.3 is 4.90 Å². The lowest BCUT2D eigenvalue weighted by Crippen LogP contribution is -2.45.